The molecule has 0 saturated carbocycles. The van der Waals surface area contributed by atoms with E-state index in [0.717, 1.165) is 57.8 Å². The topological polar surface area (TPSA) is 125 Å². The summed E-state index contributed by atoms with van der Waals surface area (Å²) >= 11 is 0. The number of nitrogens with two attached hydrogens (primary N) is 3. The van der Waals surface area contributed by atoms with Crippen molar-refractivity contribution in [1.29, 1.82) is 0 Å². The Morgan fingerprint density at radius 2 is 1.25 bits per heavy atom. The molecule has 0 bridgehead atoms. The van der Waals surface area contributed by atoms with Crippen LogP contribution in [0.3, 0.4) is 0 Å². The molecule has 184 valence electrons. The molecule has 6 nitrogen and oxygen atoms in total. The molecule has 0 aliphatic rings. The van der Waals surface area contributed by atoms with E-state index in [1.807, 2.05) is 0 Å². The first-order chi connectivity index (χ1) is 15.3. The quantitative estimate of drug-likeness (QED) is 0.153. The van der Waals surface area contributed by atoms with Crippen LogP contribution >= 0.6 is 0 Å². The molecule has 0 spiro atoms. The van der Waals surface area contributed by atoms with Gasteiger partial charge in [0.2, 0.25) is 0 Å². The van der Waals surface area contributed by atoms with E-state index in [1.165, 1.54) is 0 Å². The summed E-state index contributed by atoms with van der Waals surface area (Å²) in [6.45, 7) is 6.40. The van der Waals surface area contributed by atoms with Gasteiger partial charge in [0.15, 0.2) is 6.23 Å². The smallest absolute Gasteiger partial charge is 0.321 e. The van der Waals surface area contributed by atoms with E-state index < -0.39 is 29.7 Å². The van der Waals surface area contributed by atoms with Gasteiger partial charge >= 0.3 is 5.97 Å². The van der Waals surface area contributed by atoms with Crippen molar-refractivity contribution < 1.29 is 14.6 Å². The third kappa shape index (κ3) is 8.05. The Kier molecular flexibility index (Phi) is 13.5. The Balaban J connectivity index is 3.34. The molecule has 32 heavy (non-hydrogen) atoms. The molecule has 7 N–H and O–H groups in total. The van der Waals surface area contributed by atoms with E-state index in [9.17, 15) is 9.90 Å². The maximum absolute atomic E-state index is 13.8. The van der Waals surface area contributed by atoms with E-state index in [0.29, 0.717) is 24.8 Å². The number of unbranched alkanes of at least 4 members (excludes halogenated alkanes) is 6. The Morgan fingerprint density at radius 1 is 0.812 bits per heavy atom. The average Bonchev–Trinajstić information content (AvgIpc) is 2.76. The van der Waals surface area contributed by atoms with Gasteiger partial charge in [0.05, 0.1) is 0 Å². The predicted octanol–water partition coefficient (Wildman–Crippen LogP) is 4.85. The molecule has 1 rings (SSSR count). The van der Waals surface area contributed by atoms with Crippen molar-refractivity contribution in [2.75, 3.05) is 0 Å². The van der Waals surface area contributed by atoms with Crippen molar-refractivity contribution >= 4 is 5.97 Å². The molecule has 6 heteroatoms. The molecule has 0 aromatic heterocycles. The first-order valence-corrected chi connectivity index (χ1v) is 12.6. The monoisotopic (exact) mass is 449 g/mol. The minimum absolute atomic E-state index is 0.131. The maximum atomic E-state index is 13.8. The van der Waals surface area contributed by atoms with Gasteiger partial charge in [0, 0.05) is 12.1 Å². The SMILES string of the molecule is CCCCCC(N)OC(=O)C(c1ccc(O)cc1)(C(N)CCCCC)C(N)CCCCC. The predicted molar refractivity (Wildman–Crippen MR) is 132 cm³/mol. The number of hydrogen-bond acceptors (Lipinski definition) is 6. The normalized spacial score (nSPS) is 16.2. The standard InChI is InChI=1S/C26H47N3O3/c1-4-7-10-13-22(27)26(23(28)14-11-8-5-2,20-16-18-21(30)19-17-20)25(31)32-24(29)15-12-9-6-3/h16-19,22-24,30H,4-15,27-29H2,1-3H3. The van der Waals surface area contributed by atoms with Crippen LogP contribution in [-0.4, -0.2) is 29.4 Å². The van der Waals surface area contributed by atoms with E-state index >= 15 is 0 Å². The number of aromatic hydroxyl groups is 1. The summed E-state index contributed by atoms with van der Waals surface area (Å²) in [6, 6.07) is 5.64. The average molecular weight is 450 g/mol. The Bertz CT molecular complexity index is 620. The Morgan fingerprint density at radius 3 is 1.69 bits per heavy atom. The number of carbonyl (C=O) groups is 1. The van der Waals surface area contributed by atoms with Crippen molar-refractivity contribution in [3.63, 3.8) is 0 Å². The lowest BCUT2D eigenvalue weighted by Gasteiger charge is -2.42. The summed E-state index contributed by atoms with van der Waals surface area (Å²) in [5.74, 6) is -0.313. The van der Waals surface area contributed by atoms with Crippen LogP contribution in [-0.2, 0) is 14.9 Å². The van der Waals surface area contributed by atoms with E-state index in [2.05, 4.69) is 20.8 Å². The molecule has 0 radical (unpaired) electrons. The third-order valence-corrected chi connectivity index (χ3v) is 6.44. The number of ether oxygens (including phenoxy) is 1. The second-order valence-corrected chi connectivity index (χ2v) is 9.06. The van der Waals surface area contributed by atoms with Gasteiger partial charge in [0.1, 0.15) is 11.2 Å². The second kappa shape index (κ2) is 15.3. The highest BCUT2D eigenvalue weighted by Gasteiger charge is 2.51. The number of benzene rings is 1. The molecule has 0 aliphatic heterocycles. The third-order valence-electron chi connectivity index (χ3n) is 6.44. The zero-order valence-corrected chi connectivity index (χ0v) is 20.5. The zero-order valence-electron chi connectivity index (χ0n) is 20.5. The van der Waals surface area contributed by atoms with Crippen LogP contribution < -0.4 is 17.2 Å². The molecule has 1 aromatic rings. The molecule has 0 amide bonds. The van der Waals surface area contributed by atoms with Gasteiger partial charge in [0.25, 0.3) is 0 Å². The van der Waals surface area contributed by atoms with Crippen LogP contribution in [0.25, 0.3) is 0 Å². The molecule has 1 aromatic carbocycles. The number of carbonyl (C=O) groups excluding carboxylic acids is 1. The van der Waals surface area contributed by atoms with Crippen molar-refractivity contribution in [3.8, 4) is 5.75 Å². The van der Waals surface area contributed by atoms with Crippen molar-refractivity contribution in [2.45, 2.75) is 122 Å². The van der Waals surface area contributed by atoms with Crippen LogP contribution in [0.5, 0.6) is 5.75 Å². The van der Waals surface area contributed by atoms with Gasteiger partial charge in [-0.3, -0.25) is 10.5 Å². The summed E-state index contributed by atoms with van der Waals surface area (Å²) in [7, 11) is 0. The lowest BCUT2D eigenvalue weighted by molar-refractivity contribution is -0.159. The van der Waals surface area contributed by atoms with E-state index in [4.69, 9.17) is 21.9 Å². The Hall–Kier alpha value is -1.63. The fourth-order valence-corrected chi connectivity index (χ4v) is 4.43. The van der Waals surface area contributed by atoms with Crippen LogP contribution in [0.4, 0.5) is 0 Å². The minimum atomic E-state index is -1.21. The molecule has 0 saturated heterocycles. The van der Waals surface area contributed by atoms with Gasteiger partial charge in [-0.2, -0.15) is 0 Å². The van der Waals surface area contributed by atoms with E-state index in [-0.39, 0.29) is 5.75 Å². The fraction of sp³-hybridized carbons (Fsp3) is 0.731. The zero-order chi connectivity index (χ0) is 24.0. The fourth-order valence-electron chi connectivity index (χ4n) is 4.43. The number of phenolic OH excluding ortho intramolecular Hbond substituents is 1. The summed E-state index contributed by atoms with van der Waals surface area (Å²) in [5.41, 5.74) is 19.2. The van der Waals surface area contributed by atoms with E-state index in [1.54, 1.807) is 24.3 Å². The first kappa shape index (κ1) is 28.4. The maximum Gasteiger partial charge on any atom is 0.321 e. The highest BCUT2D eigenvalue weighted by Crippen LogP contribution is 2.37. The van der Waals surface area contributed by atoms with Crippen LogP contribution in [0.1, 0.15) is 103 Å². The van der Waals surface area contributed by atoms with Crippen LogP contribution in [0.15, 0.2) is 24.3 Å². The molecular formula is C26H47N3O3. The van der Waals surface area contributed by atoms with Gasteiger partial charge in [-0.05, 0) is 43.4 Å². The van der Waals surface area contributed by atoms with Gasteiger partial charge < -0.3 is 21.3 Å². The molecular weight excluding hydrogens is 402 g/mol. The molecule has 0 aliphatic carbocycles. The largest absolute Gasteiger partial charge is 0.508 e. The Labute approximate surface area is 195 Å². The molecule has 0 heterocycles. The summed E-state index contributed by atoms with van der Waals surface area (Å²) in [5, 5.41) is 9.85. The number of phenols is 1. The van der Waals surface area contributed by atoms with Gasteiger partial charge in [-0.15, -0.1) is 0 Å². The molecule has 0 fully saturated rings. The number of rotatable bonds is 17. The minimum Gasteiger partial charge on any atom is -0.508 e. The first-order valence-electron chi connectivity index (χ1n) is 12.6. The van der Waals surface area contributed by atoms with Crippen molar-refractivity contribution in [3.05, 3.63) is 29.8 Å². The summed E-state index contributed by atoms with van der Waals surface area (Å²) < 4.78 is 5.82. The number of esters is 1. The summed E-state index contributed by atoms with van der Waals surface area (Å²) in [6.07, 6.45) is 10.3. The van der Waals surface area contributed by atoms with Crippen molar-refractivity contribution in [1.82, 2.24) is 0 Å². The lowest BCUT2D eigenvalue weighted by atomic mass is 9.66. The van der Waals surface area contributed by atoms with Crippen LogP contribution in [0, 0.1) is 0 Å². The second-order valence-electron chi connectivity index (χ2n) is 9.06. The highest BCUT2D eigenvalue weighted by atomic mass is 16.6. The molecule has 3 atom stereocenters. The lowest BCUT2D eigenvalue weighted by Crippen LogP contribution is -2.63. The van der Waals surface area contributed by atoms with Gasteiger partial charge in [-0.1, -0.05) is 84.3 Å². The van der Waals surface area contributed by atoms with Gasteiger partial charge in [-0.25, -0.2) is 0 Å². The number of hydrogen-bond donors (Lipinski definition) is 4. The highest BCUT2D eigenvalue weighted by molar-refractivity contribution is 5.85. The van der Waals surface area contributed by atoms with Crippen LogP contribution in [0.2, 0.25) is 0 Å². The summed E-state index contributed by atoms with van der Waals surface area (Å²) in [4.78, 5) is 13.8. The molecule has 3 unspecified atom stereocenters. The van der Waals surface area contributed by atoms with Crippen molar-refractivity contribution in [2.24, 2.45) is 17.2 Å².